The number of halogens is 3. The fourth-order valence-electron chi connectivity index (χ4n) is 3.98. The van der Waals surface area contributed by atoms with E-state index in [1.807, 2.05) is 30.3 Å². The topological polar surface area (TPSA) is 69.6 Å². The Hall–Kier alpha value is -2.29. The van der Waals surface area contributed by atoms with E-state index in [1.54, 1.807) is 41.3 Å². The van der Waals surface area contributed by atoms with E-state index in [-0.39, 0.29) is 12.3 Å². The summed E-state index contributed by atoms with van der Waals surface area (Å²) in [6, 6.07) is 18.8. The van der Waals surface area contributed by atoms with E-state index in [1.165, 1.54) is 0 Å². The SMILES string of the molecule is O=C(O)CC(c1ccc(Cl)cc1)N1C(=O)c2cc(I)ccc2NCC1c1ccc(Cl)cc1. The van der Waals surface area contributed by atoms with Crippen LogP contribution in [0.5, 0.6) is 0 Å². The van der Waals surface area contributed by atoms with Crippen molar-refractivity contribution in [2.24, 2.45) is 0 Å². The van der Waals surface area contributed by atoms with Crippen molar-refractivity contribution in [3.63, 3.8) is 0 Å². The molecule has 0 fully saturated rings. The maximum atomic E-state index is 13.9. The van der Waals surface area contributed by atoms with Gasteiger partial charge in [-0.2, -0.15) is 0 Å². The average molecular weight is 581 g/mol. The van der Waals surface area contributed by atoms with Crippen LogP contribution in [0.4, 0.5) is 5.69 Å². The molecule has 1 aliphatic rings. The molecule has 3 aromatic carbocycles. The Bertz CT molecular complexity index is 1150. The van der Waals surface area contributed by atoms with Gasteiger partial charge in [0.1, 0.15) is 0 Å². The lowest BCUT2D eigenvalue weighted by Crippen LogP contribution is -2.40. The number of rotatable bonds is 5. The number of carboxylic acid groups (broad SMARTS) is 1. The number of carbonyl (C=O) groups is 2. The zero-order valence-electron chi connectivity index (χ0n) is 16.8. The molecule has 2 unspecified atom stereocenters. The first-order valence-corrected chi connectivity index (χ1v) is 11.8. The number of anilines is 1. The first-order chi connectivity index (χ1) is 15.3. The Morgan fingerprint density at radius 2 is 1.69 bits per heavy atom. The number of fused-ring (bicyclic) bond motifs is 1. The van der Waals surface area contributed by atoms with Crippen LogP contribution in [0.3, 0.4) is 0 Å². The molecule has 4 rings (SSSR count). The Kier molecular flexibility index (Phi) is 6.93. The van der Waals surface area contributed by atoms with Gasteiger partial charge in [-0.3, -0.25) is 9.59 Å². The second-order valence-electron chi connectivity index (χ2n) is 7.52. The van der Waals surface area contributed by atoms with Gasteiger partial charge in [-0.25, -0.2) is 0 Å². The maximum Gasteiger partial charge on any atom is 0.305 e. The third kappa shape index (κ3) is 4.87. The van der Waals surface area contributed by atoms with Gasteiger partial charge in [0.05, 0.1) is 24.1 Å². The van der Waals surface area contributed by atoms with E-state index in [0.29, 0.717) is 27.7 Å². The first-order valence-electron chi connectivity index (χ1n) is 9.92. The van der Waals surface area contributed by atoms with Crippen molar-refractivity contribution in [3.8, 4) is 0 Å². The summed E-state index contributed by atoms with van der Waals surface area (Å²) in [5, 5.41) is 14.2. The molecule has 0 aromatic heterocycles. The molecule has 3 aromatic rings. The standard InChI is InChI=1S/C24H19Cl2IN2O3/c25-16-5-1-14(2-6-16)21(12-23(30)31)29-22(15-3-7-17(26)8-4-15)13-28-20-10-9-18(27)11-19(20)24(29)32/h1-11,21-22,28H,12-13H2,(H,30,31). The molecule has 0 spiro atoms. The summed E-state index contributed by atoms with van der Waals surface area (Å²) in [5.41, 5.74) is 2.81. The lowest BCUT2D eigenvalue weighted by Gasteiger charge is -2.37. The minimum atomic E-state index is -0.993. The predicted molar refractivity (Wildman–Crippen MR) is 134 cm³/mol. The summed E-state index contributed by atoms with van der Waals surface area (Å²) in [6.45, 7) is 0.421. The third-order valence-electron chi connectivity index (χ3n) is 5.48. The zero-order valence-corrected chi connectivity index (χ0v) is 20.4. The monoisotopic (exact) mass is 580 g/mol. The number of carbonyl (C=O) groups excluding carboxylic acids is 1. The van der Waals surface area contributed by atoms with Crippen molar-refractivity contribution in [3.05, 3.63) is 97.0 Å². The molecule has 0 saturated heterocycles. The van der Waals surface area contributed by atoms with Gasteiger partial charge in [-0.15, -0.1) is 0 Å². The molecule has 1 amide bonds. The molecule has 5 nitrogen and oxygen atoms in total. The highest BCUT2D eigenvalue weighted by Gasteiger charge is 2.37. The zero-order chi connectivity index (χ0) is 22.8. The molecule has 0 saturated carbocycles. The molecule has 8 heteroatoms. The van der Waals surface area contributed by atoms with E-state index in [9.17, 15) is 14.7 Å². The summed E-state index contributed by atoms with van der Waals surface area (Å²) in [7, 11) is 0. The van der Waals surface area contributed by atoms with Gasteiger partial charge < -0.3 is 15.3 Å². The Labute approximate surface area is 209 Å². The smallest absolute Gasteiger partial charge is 0.305 e. The minimum Gasteiger partial charge on any atom is -0.481 e. The van der Waals surface area contributed by atoms with Crippen LogP contribution in [0.15, 0.2) is 66.7 Å². The summed E-state index contributed by atoms with van der Waals surface area (Å²) < 4.78 is 0.919. The summed E-state index contributed by atoms with van der Waals surface area (Å²) >= 11 is 14.3. The molecule has 32 heavy (non-hydrogen) atoms. The fourth-order valence-corrected chi connectivity index (χ4v) is 4.73. The van der Waals surface area contributed by atoms with Crippen LogP contribution in [-0.4, -0.2) is 28.4 Å². The summed E-state index contributed by atoms with van der Waals surface area (Å²) in [6.07, 6.45) is -0.239. The highest BCUT2D eigenvalue weighted by atomic mass is 127. The van der Waals surface area contributed by atoms with Gasteiger partial charge in [-0.1, -0.05) is 47.5 Å². The van der Waals surface area contributed by atoms with Gasteiger partial charge >= 0.3 is 5.97 Å². The number of benzene rings is 3. The molecule has 1 aliphatic heterocycles. The van der Waals surface area contributed by atoms with Crippen LogP contribution in [0, 0.1) is 3.57 Å². The number of hydrogen-bond donors (Lipinski definition) is 2. The van der Waals surface area contributed by atoms with Crippen LogP contribution in [-0.2, 0) is 4.79 Å². The molecule has 0 radical (unpaired) electrons. The molecule has 0 bridgehead atoms. The van der Waals surface area contributed by atoms with Gasteiger partial charge in [0.2, 0.25) is 0 Å². The number of nitrogens with zero attached hydrogens (tertiary/aromatic N) is 1. The van der Waals surface area contributed by atoms with Gasteiger partial charge in [0.15, 0.2) is 0 Å². The van der Waals surface area contributed by atoms with Crippen molar-refractivity contribution in [2.75, 3.05) is 11.9 Å². The van der Waals surface area contributed by atoms with Crippen molar-refractivity contribution in [1.82, 2.24) is 4.90 Å². The lowest BCUT2D eigenvalue weighted by atomic mass is 9.96. The number of hydrogen-bond acceptors (Lipinski definition) is 3. The van der Waals surface area contributed by atoms with Crippen molar-refractivity contribution in [2.45, 2.75) is 18.5 Å². The molecular formula is C24H19Cl2IN2O3. The van der Waals surface area contributed by atoms with Gasteiger partial charge in [0, 0.05) is 25.8 Å². The summed E-state index contributed by atoms with van der Waals surface area (Å²) in [4.78, 5) is 27.5. The minimum absolute atomic E-state index is 0.232. The Morgan fingerprint density at radius 1 is 1.06 bits per heavy atom. The number of nitrogens with one attached hydrogen (secondary N) is 1. The quantitative estimate of drug-likeness (QED) is 0.342. The van der Waals surface area contributed by atoms with Gasteiger partial charge in [-0.05, 0) is 76.2 Å². The van der Waals surface area contributed by atoms with Crippen LogP contribution in [0.2, 0.25) is 10.0 Å². The van der Waals surface area contributed by atoms with E-state index >= 15 is 0 Å². The molecule has 2 N–H and O–H groups in total. The highest BCUT2D eigenvalue weighted by molar-refractivity contribution is 14.1. The normalized spacial score (nSPS) is 16.7. The van der Waals surface area contributed by atoms with Gasteiger partial charge in [0.25, 0.3) is 5.91 Å². The molecular weight excluding hydrogens is 562 g/mol. The van der Waals surface area contributed by atoms with Crippen LogP contribution >= 0.6 is 45.8 Å². The first kappa shape index (κ1) is 22.9. The molecule has 1 heterocycles. The van der Waals surface area contributed by atoms with Crippen LogP contribution in [0.25, 0.3) is 0 Å². The fraction of sp³-hybridized carbons (Fsp3) is 0.167. The second-order valence-corrected chi connectivity index (χ2v) is 9.63. The van der Waals surface area contributed by atoms with Crippen molar-refractivity contribution < 1.29 is 14.7 Å². The largest absolute Gasteiger partial charge is 0.481 e. The van der Waals surface area contributed by atoms with Crippen LogP contribution < -0.4 is 5.32 Å². The summed E-state index contributed by atoms with van der Waals surface area (Å²) in [5.74, 6) is -1.22. The highest BCUT2D eigenvalue weighted by Crippen LogP contribution is 2.39. The van der Waals surface area contributed by atoms with E-state index in [4.69, 9.17) is 23.2 Å². The predicted octanol–water partition coefficient (Wildman–Crippen LogP) is 6.42. The van der Waals surface area contributed by atoms with E-state index in [0.717, 1.165) is 14.8 Å². The molecule has 0 aliphatic carbocycles. The number of carboxylic acids is 1. The van der Waals surface area contributed by atoms with Crippen LogP contribution in [0.1, 0.15) is 40.0 Å². The van der Waals surface area contributed by atoms with E-state index in [2.05, 4.69) is 27.9 Å². The van der Waals surface area contributed by atoms with Crippen molar-refractivity contribution in [1.29, 1.82) is 0 Å². The maximum absolute atomic E-state index is 13.9. The molecule has 164 valence electrons. The third-order valence-corrected chi connectivity index (χ3v) is 6.66. The second kappa shape index (κ2) is 9.68. The lowest BCUT2D eigenvalue weighted by molar-refractivity contribution is -0.138. The molecule has 2 atom stereocenters. The van der Waals surface area contributed by atoms with E-state index < -0.39 is 18.1 Å². The average Bonchev–Trinajstić information content (AvgIpc) is 2.90. The Balaban J connectivity index is 1.88. The number of amides is 1. The number of aliphatic carboxylic acids is 1. The van der Waals surface area contributed by atoms with Crippen molar-refractivity contribution >= 4 is 63.4 Å². The Morgan fingerprint density at radius 3 is 2.31 bits per heavy atom.